The Kier molecular flexibility index (Phi) is 4.77. The van der Waals surface area contributed by atoms with Crippen LogP contribution in [0, 0.1) is 17.0 Å². The van der Waals surface area contributed by atoms with Crippen molar-refractivity contribution in [2.24, 2.45) is 5.10 Å². The first-order chi connectivity index (χ1) is 11.9. The summed E-state index contributed by atoms with van der Waals surface area (Å²) in [6.45, 7) is 1.98. The molecule has 0 saturated carbocycles. The van der Waals surface area contributed by atoms with E-state index in [4.69, 9.17) is 16.6 Å². The van der Waals surface area contributed by atoms with Crippen molar-refractivity contribution in [2.45, 2.75) is 6.92 Å². The Morgan fingerprint density at radius 2 is 2.00 bits per heavy atom. The van der Waals surface area contributed by atoms with E-state index < -0.39 is 10.8 Å². The summed E-state index contributed by atoms with van der Waals surface area (Å²) in [6, 6.07) is 10.3. The number of hydrazone groups is 1. The third kappa shape index (κ3) is 3.83. The highest BCUT2D eigenvalue weighted by atomic mass is 32.2. The monoisotopic (exact) mass is 373 g/mol. The molecule has 0 radical (unpaired) electrons. The minimum Gasteiger partial charge on any atom is -0.400 e. The number of hydrogen-bond acceptors (Lipinski definition) is 7. The van der Waals surface area contributed by atoms with Crippen molar-refractivity contribution < 1.29 is 14.1 Å². The standard InChI is InChI=1S/C16H11N3O4S2/c1-10-2-4-11(5-3-10)8-13-15(20)18(16(24)25-13)17-9-12-6-7-14(23-12)19(21)22/h2-9H,1H3/b13-8+,17-9+. The van der Waals surface area contributed by atoms with Gasteiger partial charge in [0.25, 0.3) is 5.91 Å². The van der Waals surface area contributed by atoms with E-state index in [-0.39, 0.29) is 16.0 Å². The zero-order valence-electron chi connectivity index (χ0n) is 12.9. The summed E-state index contributed by atoms with van der Waals surface area (Å²) in [7, 11) is 0. The summed E-state index contributed by atoms with van der Waals surface area (Å²) in [4.78, 5) is 22.8. The van der Waals surface area contributed by atoms with Gasteiger partial charge in [0.05, 0.1) is 17.2 Å². The zero-order valence-corrected chi connectivity index (χ0v) is 14.5. The third-order valence-electron chi connectivity index (χ3n) is 3.24. The Labute approximate surface area is 152 Å². The summed E-state index contributed by atoms with van der Waals surface area (Å²) in [5.41, 5.74) is 2.01. The van der Waals surface area contributed by atoms with Crippen LogP contribution >= 0.6 is 24.0 Å². The minimum absolute atomic E-state index is 0.156. The first-order valence-electron chi connectivity index (χ1n) is 7.07. The van der Waals surface area contributed by atoms with E-state index in [1.165, 1.54) is 18.3 Å². The number of thiocarbonyl (C=S) groups is 1. The first kappa shape index (κ1) is 17.1. The fourth-order valence-electron chi connectivity index (χ4n) is 2.00. The normalized spacial score (nSPS) is 16.4. The number of carbonyl (C=O) groups excluding carboxylic acids is 1. The van der Waals surface area contributed by atoms with Gasteiger partial charge in [-0.1, -0.05) is 41.6 Å². The van der Waals surface area contributed by atoms with Crippen LogP contribution in [0.5, 0.6) is 0 Å². The molecule has 1 amide bonds. The van der Waals surface area contributed by atoms with E-state index in [0.29, 0.717) is 4.91 Å². The topological polar surface area (TPSA) is 88.9 Å². The highest BCUT2D eigenvalue weighted by Crippen LogP contribution is 2.32. The van der Waals surface area contributed by atoms with Gasteiger partial charge in [0, 0.05) is 0 Å². The molecule has 3 rings (SSSR count). The van der Waals surface area contributed by atoms with Crippen molar-refractivity contribution in [2.75, 3.05) is 0 Å². The molecule has 1 aromatic heterocycles. The predicted molar refractivity (Wildman–Crippen MR) is 99.1 cm³/mol. The van der Waals surface area contributed by atoms with Crippen LogP contribution in [0.4, 0.5) is 5.88 Å². The number of amides is 1. The SMILES string of the molecule is Cc1ccc(/C=C2/SC(=S)N(/N=C/c3ccc([N+](=O)[O-])o3)C2=O)cc1. The average Bonchev–Trinajstić information content (AvgIpc) is 3.14. The smallest absolute Gasteiger partial charge is 0.400 e. The van der Waals surface area contributed by atoms with E-state index in [9.17, 15) is 14.9 Å². The molecule has 0 bridgehead atoms. The zero-order chi connectivity index (χ0) is 18.0. The first-order valence-corrected chi connectivity index (χ1v) is 8.29. The highest BCUT2D eigenvalue weighted by molar-refractivity contribution is 8.26. The van der Waals surface area contributed by atoms with Crippen LogP contribution in [0.1, 0.15) is 16.9 Å². The second kappa shape index (κ2) is 6.99. The fourth-order valence-corrected chi connectivity index (χ4v) is 3.17. The maximum atomic E-state index is 12.4. The quantitative estimate of drug-likeness (QED) is 0.267. The lowest BCUT2D eigenvalue weighted by Gasteiger charge is -2.05. The summed E-state index contributed by atoms with van der Waals surface area (Å²) in [5.74, 6) is -0.595. The molecule has 0 spiro atoms. The maximum Gasteiger partial charge on any atom is 0.433 e. The molecule has 1 aliphatic rings. The van der Waals surface area contributed by atoms with E-state index >= 15 is 0 Å². The van der Waals surface area contributed by atoms with Crippen molar-refractivity contribution in [1.29, 1.82) is 0 Å². The number of hydrogen-bond donors (Lipinski definition) is 0. The van der Waals surface area contributed by atoms with Crippen LogP contribution in [0.2, 0.25) is 0 Å². The Hall–Kier alpha value is -2.78. The van der Waals surface area contributed by atoms with Gasteiger partial charge in [0.1, 0.15) is 4.92 Å². The largest absolute Gasteiger partial charge is 0.433 e. The number of carbonyl (C=O) groups is 1. The van der Waals surface area contributed by atoms with Crippen molar-refractivity contribution in [3.8, 4) is 0 Å². The molecule has 1 aromatic carbocycles. The van der Waals surface area contributed by atoms with E-state index in [1.807, 2.05) is 31.2 Å². The molecule has 1 saturated heterocycles. The van der Waals surface area contributed by atoms with Gasteiger partial charge in [-0.15, -0.1) is 0 Å². The average molecular weight is 373 g/mol. The molecule has 9 heteroatoms. The second-order valence-corrected chi connectivity index (χ2v) is 6.76. The van der Waals surface area contributed by atoms with Crippen LogP contribution in [-0.4, -0.2) is 26.4 Å². The molecule has 25 heavy (non-hydrogen) atoms. The fraction of sp³-hybridized carbons (Fsp3) is 0.0625. The second-order valence-electron chi connectivity index (χ2n) is 5.08. The molecule has 2 aromatic rings. The molecule has 1 fully saturated rings. The number of nitro groups is 1. The molecule has 2 heterocycles. The van der Waals surface area contributed by atoms with Crippen molar-refractivity contribution in [1.82, 2.24) is 5.01 Å². The lowest BCUT2D eigenvalue weighted by molar-refractivity contribution is -0.402. The van der Waals surface area contributed by atoms with Gasteiger partial charge in [0.2, 0.25) is 0 Å². The van der Waals surface area contributed by atoms with Gasteiger partial charge in [0.15, 0.2) is 10.1 Å². The Morgan fingerprint density at radius 1 is 1.28 bits per heavy atom. The third-order valence-corrected chi connectivity index (χ3v) is 4.52. The molecule has 0 aliphatic carbocycles. The molecule has 0 atom stereocenters. The van der Waals surface area contributed by atoms with Gasteiger partial charge in [-0.2, -0.15) is 10.1 Å². The van der Waals surface area contributed by atoms with Crippen LogP contribution in [-0.2, 0) is 4.79 Å². The molecule has 7 nitrogen and oxygen atoms in total. The van der Waals surface area contributed by atoms with Crippen LogP contribution < -0.4 is 0 Å². The minimum atomic E-state index is -0.652. The number of aryl methyl sites for hydroxylation is 1. The maximum absolute atomic E-state index is 12.4. The van der Waals surface area contributed by atoms with E-state index in [1.54, 1.807) is 6.08 Å². The Morgan fingerprint density at radius 3 is 2.64 bits per heavy atom. The number of nitrogens with zero attached hydrogens (tertiary/aromatic N) is 3. The molecule has 0 N–H and O–H groups in total. The number of furan rings is 1. The van der Waals surface area contributed by atoms with Gasteiger partial charge in [-0.05, 0) is 36.8 Å². The summed E-state index contributed by atoms with van der Waals surface area (Å²) in [6.07, 6.45) is 2.96. The van der Waals surface area contributed by atoms with Crippen molar-refractivity contribution in [3.05, 3.63) is 68.3 Å². The molecular weight excluding hydrogens is 362 g/mol. The lowest BCUT2D eigenvalue weighted by Crippen LogP contribution is -2.22. The van der Waals surface area contributed by atoms with Crippen LogP contribution in [0.15, 0.2) is 50.8 Å². The number of benzene rings is 1. The molecule has 1 aliphatic heterocycles. The lowest BCUT2D eigenvalue weighted by atomic mass is 10.1. The molecular formula is C16H11N3O4S2. The van der Waals surface area contributed by atoms with Crippen LogP contribution in [0.25, 0.3) is 6.08 Å². The van der Waals surface area contributed by atoms with Gasteiger partial charge >= 0.3 is 5.88 Å². The summed E-state index contributed by atoms with van der Waals surface area (Å²) < 4.78 is 5.24. The Balaban J connectivity index is 1.77. The van der Waals surface area contributed by atoms with Crippen molar-refractivity contribution in [3.63, 3.8) is 0 Å². The van der Waals surface area contributed by atoms with Crippen LogP contribution in [0.3, 0.4) is 0 Å². The predicted octanol–water partition coefficient (Wildman–Crippen LogP) is 3.73. The summed E-state index contributed by atoms with van der Waals surface area (Å²) >= 11 is 6.31. The van der Waals surface area contributed by atoms with Gasteiger partial charge in [-0.25, -0.2) is 0 Å². The van der Waals surface area contributed by atoms with Crippen molar-refractivity contribution >= 4 is 52.4 Å². The molecule has 126 valence electrons. The molecule has 0 unspecified atom stereocenters. The number of rotatable bonds is 4. The number of thioether (sulfide) groups is 1. The Bertz CT molecular complexity index is 916. The van der Waals surface area contributed by atoms with E-state index in [2.05, 4.69) is 5.10 Å². The van der Waals surface area contributed by atoms with Gasteiger partial charge < -0.3 is 4.42 Å². The summed E-state index contributed by atoms with van der Waals surface area (Å²) in [5, 5.41) is 15.6. The highest BCUT2D eigenvalue weighted by Gasteiger charge is 2.32. The van der Waals surface area contributed by atoms with Gasteiger partial charge in [-0.3, -0.25) is 14.9 Å². The van der Waals surface area contributed by atoms with E-state index in [0.717, 1.165) is 27.9 Å².